The molecule has 0 spiro atoms. The van der Waals surface area contributed by atoms with Crippen molar-refractivity contribution in [2.24, 2.45) is 0 Å². The van der Waals surface area contributed by atoms with E-state index in [0.29, 0.717) is 6.61 Å². The molecule has 1 aromatic heterocycles. The third-order valence-corrected chi connectivity index (χ3v) is 3.80. The SMILES string of the molecule is Cc1cc(C)c(C)c(OCc2ncc(C)c(N)c2C)c1. The molecule has 0 bridgehead atoms. The van der Waals surface area contributed by atoms with Gasteiger partial charge < -0.3 is 10.5 Å². The maximum Gasteiger partial charge on any atom is 0.131 e. The zero-order valence-electron chi connectivity index (χ0n) is 12.9. The van der Waals surface area contributed by atoms with Crippen molar-refractivity contribution in [2.75, 3.05) is 5.73 Å². The number of nitrogens with zero attached hydrogens (tertiary/aromatic N) is 1. The summed E-state index contributed by atoms with van der Waals surface area (Å²) in [6.45, 7) is 10.7. The van der Waals surface area contributed by atoms with E-state index in [1.54, 1.807) is 6.20 Å². The number of nitrogens with two attached hydrogens (primary N) is 1. The molecule has 1 heterocycles. The first kappa shape index (κ1) is 14.4. The Bertz CT molecular complexity index is 648. The summed E-state index contributed by atoms with van der Waals surface area (Å²) >= 11 is 0. The minimum absolute atomic E-state index is 0.444. The molecule has 0 amide bonds. The van der Waals surface area contributed by atoms with Crippen molar-refractivity contribution < 1.29 is 4.74 Å². The quantitative estimate of drug-likeness (QED) is 0.923. The molecule has 0 aliphatic rings. The molecule has 106 valence electrons. The van der Waals surface area contributed by atoms with Gasteiger partial charge in [0.1, 0.15) is 12.4 Å². The standard InChI is InChI=1S/C17H22N2O/c1-10-6-11(2)13(4)16(7-10)20-9-15-14(5)17(18)12(3)8-19-15/h6-8H,9H2,1-5H3,(H2,18,19). The highest BCUT2D eigenvalue weighted by atomic mass is 16.5. The van der Waals surface area contributed by atoms with E-state index >= 15 is 0 Å². The number of hydrogen-bond donors (Lipinski definition) is 1. The van der Waals surface area contributed by atoms with Crippen molar-refractivity contribution in [3.63, 3.8) is 0 Å². The minimum Gasteiger partial charge on any atom is -0.487 e. The van der Waals surface area contributed by atoms with Crippen LogP contribution in [0.2, 0.25) is 0 Å². The smallest absolute Gasteiger partial charge is 0.131 e. The maximum absolute atomic E-state index is 6.03. The molecule has 0 fully saturated rings. The van der Waals surface area contributed by atoms with Crippen molar-refractivity contribution in [2.45, 2.75) is 41.2 Å². The van der Waals surface area contributed by atoms with Crippen molar-refractivity contribution >= 4 is 5.69 Å². The van der Waals surface area contributed by atoms with Gasteiger partial charge in [0.05, 0.1) is 5.69 Å². The van der Waals surface area contributed by atoms with Gasteiger partial charge in [-0.2, -0.15) is 0 Å². The largest absolute Gasteiger partial charge is 0.487 e. The summed E-state index contributed by atoms with van der Waals surface area (Å²) in [7, 11) is 0. The molecule has 0 aliphatic carbocycles. The maximum atomic E-state index is 6.03. The van der Waals surface area contributed by atoms with Gasteiger partial charge in [0, 0.05) is 11.9 Å². The minimum atomic E-state index is 0.444. The average molecular weight is 270 g/mol. The molecular weight excluding hydrogens is 248 g/mol. The van der Waals surface area contributed by atoms with E-state index in [2.05, 4.69) is 37.9 Å². The van der Waals surface area contributed by atoms with E-state index in [0.717, 1.165) is 28.3 Å². The number of benzene rings is 1. The molecule has 3 heteroatoms. The summed E-state index contributed by atoms with van der Waals surface area (Å²) < 4.78 is 5.94. The summed E-state index contributed by atoms with van der Waals surface area (Å²) in [4.78, 5) is 4.42. The lowest BCUT2D eigenvalue weighted by atomic mass is 10.1. The van der Waals surface area contributed by atoms with Crippen molar-refractivity contribution in [3.05, 3.63) is 51.8 Å². The molecule has 0 atom stereocenters. The lowest BCUT2D eigenvalue weighted by molar-refractivity contribution is 0.298. The number of anilines is 1. The van der Waals surface area contributed by atoms with Crippen LogP contribution >= 0.6 is 0 Å². The third kappa shape index (κ3) is 2.77. The van der Waals surface area contributed by atoms with Crippen LogP contribution in [0.1, 0.15) is 33.5 Å². The Morgan fingerprint density at radius 1 is 1.00 bits per heavy atom. The predicted molar refractivity (Wildman–Crippen MR) is 83.1 cm³/mol. The Morgan fingerprint density at radius 2 is 1.70 bits per heavy atom. The molecule has 1 aromatic carbocycles. The zero-order valence-corrected chi connectivity index (χ0v) is 12.9. The molecule has 0 unspecified atom stereocenters. The van der Waals surface area contributed by atoms with Gasteiger partial charge in [-0.25, -0.2) is 0 Å². The van der Waals surface area contributed by atoms with Gasteiger partial charge >= 0.3 is 0 Å². The lowest BCUT2D eigenvalue weighted by Gasteiger charge is -2.14. The fourth-order valence-corrected chi connectivity index (χ4v) is 2.23. The summed E-state index contributed by atoms with van der Waals surface area (Å²) in [6, 6.07) is 4.23. The van der Waals surface area contributed by atoms with E-state index in [9.17, 15) is 0 Å². The van der Waals surface area contributed by atoms with E-state index in [1.807, 2.05) is 13.8 Å². The van der Waals surface area contributed by atoms with Crippen LogP contribution in [-0.4, -0.2) is 4.98 Å². The summed E-state index contributed by atoms with van der Waals surface area (Å²) in [5, 5.41) is 0. The molecule has 0 radical (unpaired) electrons. The number of aryl methyl sites for hydroxylation is 3. The van der Waals surface area contributed by atoms with Crippen LogP contribution in [0.25, 0.3) is 0 Å². The molecule has 2 aromatic rings. The first-order valence-corrected chi connectivity index (χ1v) is 6.81. The predicted octanol–water partition coefficient (Wildman–Crippen LogP) is 3.78. The topological polar surface area (TPSA) is 48.1 Å². The fourth-order valence-electron chi connectivity index (χ4n) is 2.23. The zero-order chi connectivity index (χ0) is 14.9. The number of ether oxygens (including phenoxy) is 1. The monoisotopic (exact) mass is 270 g/mol. The Labute approximate surface area is 120 Å². The van der Waals surface area contributed by atoms with Gasteiger partial charge in [-0.1, -0.05) is 6.07 Å². The Morgan fingerprint density at radius 3 is 2.40 bits per heavy atom. The molecule has 20 heavy (non-hydrogen) atoms. The number of aromatic nitrogens is 1. The van der Waals surface area contributed by atoms with Crippen LogP contribution in [0.4, 0.5) is 5.69 Å². The number of hydrogen-bond acceptors (Lipinski definition) is 3. The Hall–Kier alpha value is -2.03. The third-order valence-electron chi connectivity index (χ3n) is 3.80. The lowest BCUT2D eigenvalue weighted by Crippen LogP contribution is -2.06. The van der Waals surface area contributed by atoms with Gasteiger partial charge in [-0.05, 0) is 68.5 Å². The molecule has 0 saturated heterocycles. The van der Waals surface area contributed by atoms with E-state index in [4.69, 9.17) is 10.5 Å². The van der Waals surface area contributed by atoms with Gasteiger partial charge in [-0.3, -0.25) is 4.98 Å². The van der Waals surface area contributed by atoms with Crippen LogP contribution in [0.5, 0.6) is 5.75 Å². The second-order valence-electron chi connectivity index (χ2n) is 5.42. The molecule has 2 N–H and O–H groups in total. The summed E-state index contributed by atoms with van der Waals surface area (Å²) in [5.41, 5.74) is 13.4. The molecule has 3 nitrogen and oxygen atoms in total. The normalized spacial score (nSPS) is 10.7. The van der Waals surface area contributed by atoms with Gasteiger partial charge in [0.25, 0.3) is 0 Å². The van der Waals surface area contributed by atoms with Crippen LogP contribution in [0.3, 0.4) is 0 Å². The van der Waals surface area contributed by atoms with Crippen molar-refractivity contribution in [3.8, 4) is 5.75 Å². The number of nitrogen functional groups attached to an aromatic ring is 1. The molecular formula is C17H22N2O. The Kier molecular flexibility index (Phi) is 3.98. The second-order valence-corrected chi connectivity index (χ2v) is 5.42. The second kappa shape index (κ2) is 5.53. The number of rotatable bonds is 3. The van der Waals surface area contributed by atoms with Crippen LogP contribution in [0, 0.1) is 34.6 Å². The van der Waals surface area contributed by atoms with E-state index in [-0.39, 0.29) is 0 Å². The summed E-state index contributed by atoms with van der Waals surface area (Å²) in [6.07, 6.45) is 1.80. The molecule has 0 saturated carbocycles. The highest BCUT2D eigenvalue weighted by molar-refractivity contribution is 5.53. The van der Waals surface area contributed by atoms with E-state index < -0.39 is 0 Å². The first-order chi connectivity index (χ1) is 9.40. The molecule has 2 rings (SSSR count). The van der Waals surface area contributed by atoms with E-state index in [1.165, 1.54) is 16.7 Å². The van der Waals surface area contributed by atoms with Crippen LogP contribution < -0.4 is 10.5 Å². The van der Waals surface area contributed by atoms with Gasteiger partial charge in [0.15, 0.2) is 0 Å². The highest BCUT2D eigenvalue weighted by Gasteiger charge is 2.09. The fraction of sp³-hybridized carbons (Fsp3) is 0.353. The first-order valence-electron chi connectivity index (χ1n) is 6.81. The van der Waals surface area contributed by atoms with Gasteiger partial charge in [-0.15, -0.1) is 0 Å². The van der Waals surface area contributed by atoms with Crippen molar-refractivity contribution in [1.82, 2.24) is 4.98 Å². The average Bonchev–Trinajstić information content (AvgIpc) is 2.40. The number of pyridine rings is 1. The Balaban J connectivity index is 2.24. The van der Waals surface area contributed by atoms with Crippen molar-refractivity contribution in [1.29, 1.82) is 0 Å². The molecule has 0 aliphatic heterocycles. The van der Waals surface area contributed by atoms with Gasteiger partial charge in [0.2, 0.25) is 0 Å². The highest BCUT2D eigenvalue weighted by Crippen LogP contribution is 2.25. The van der Waals surface area contributed by atoms with Crippen LogP contribution in [0.15, 0.2) is 18.3 Å². The van der Waals surface area contributed by atoms with Crippen LogP contribution in [-0.2, 0) is 6.61 Å². The summed E-state index contributed by atoms with van der Waals surface area (Å²) in [5.74, 6) is 0.919.